The van der Waals surface area contributed by atoms with Gasteiger partial charge in [0.1, 0.15) is 0 Å². The SMILES string of the molecule is C=Cn1cc(/C=C/C(=O)O)cn1. The maximum absolute atomic E-state index is 10.1. The number of hydrogen-bond donors (Lipinski definition) is 1. The summed E-state index contributed by atoms with van der Waals surface area (Å²) in [5, 5.41) is 12.2. The molecule has 0 aliphatic carbocycles. The van der Waals surface area contributed by atoms with E-state index in [0.29, 0.717) is 0 Å². The summed E-state index contributed by atoms with van der Waals surface area (Å²) >= 11 is 0. The van der Waals surface area contributed by atoms with Crippen molar-refractivity contribution in [3.63, 3.8) is 0 Å². The van der Waals surface area contributed by atoms with Crippen molar-refractivity contribution in [2.24, 2.45) is 0 Å². The molecule has 0 fully saturated rings. The molecule has 4 nitrogen and oxygen atoms in total. The Kier molecular flexibility index (Phi) is 2.42. The van der Waals surface area contributed by atoms with Gasteiger partial charge in [0.2, 0.25) is 0 Å². The zero-order valence-electron chi connectivity index (χ0n) is 6.34. The first-order valence-electron chi connectivity index (χ1n) is 3.30. The molecule has 0 spiro atoms. The predicted molar refractivity (Wildman–Crippen MR) is 45.3 cm³/mol. The Bertz CT molecular complexity index is 326. The molecule has 0 bridgehead atoms. The second-order valence-corrected chi connectivity index (χ2v) is 2.11. The molecule has 0 radical (unpaired) electrons. The summed E-state index contributed by atoms with van der Waals surface area (Å²) in [6, 6.07) is 0. The molecule has 0 aliphatic heterocycles. The number of carboxylic acid groups (broad SMARTS) is 1. The molecule has 0 unspecified atom stereocenters. The van der Waals surface area contributed by atoms with Gasteiger partial charge in [-0.05, 0) is 6.08 Å². The third-order valence-corrected chi connectivity index (χ3v) is 1.23. The van der Waals surface area contributed by atoms with Gasteiger partial charge in [-0.25, -0.2) is 9.48 Å². The van der Waals surface area contributed by atoms with Gasteiger partial charge in [0, 0.05) is 24.0 Å². The molecule has 12 heavy (non-hydrogen) atoms. The highest BCUT2D eigenvalue weighted by atomic mass is 16.4. The number of aromatic nitrogens is 2. The second kappa shape index (κ2) is 3.52. The molecular weight excluding hydrogens is 156 g/mol. The van der Waals surface area contributed by atoms with Crippen molar-refractivity contribution in [3.8, 4) is 0 Å². The van der Waals surface area contributed by atoms with Gasteiger partial charge < -0.3 is 5.11 Å². The van der Waals surface area contributed by atoms with E-state index in [4.69, 9.17) is 5.11 Å². The predicted octanol–water partition coefficient (Wildman–Crippen LogP) is 1.08. The highest BCUT2D eigenvalue weighted by molar-refractivity contribution is 5.85. The highest BCUT2D eigenvalue weighted by Gasteiger charge is 1.91. The van der Waals surface area contributed by atoms with Gasteiger partial charge in [0.25, 0.3) is 0 Å². The van der Waals surface area contributed by atoms with E-state index in [9.17, 15) is 4.79 Å². The maximum atomic E-state index is 10.1. The van der Waals surface area contributed by atoms with Gasteiger partial charge in [-0.2, -0.15) is 5.10 Å². The Morgan fingerprint density at radius 1 is 1.75 bits per heavy atom. The third kappa shape index (κ3) is 2.09. The quantitative estimate of drug-likeness (QED) is 0.680. The van der Waals surface area contributed by atoms with Crippen molar-refractivity contribution in [2.75, 3.05) is 0 Å². The molecule has 0 aliphatic rings. The molecule has 1 rings (SSSR count). The molecule has 0 aromatic carbocycles. The van der Waals surface area contributed by atoms with E-state index in [1.165, 1.54) is 17.0 Å². The van der Waals surface area contributed by atoms with E-state index in [1.807, 2.05) is 0 Å². The van der Waals surface area contributed by atoms with Crippen molar-refractivity contribution >= 4 is 18.2 Å². The van der Waals surface area contributed by atoms with Crippen LogP contribution in [0.2, 0.25) is 0 Å². The van der Waals surface area contributed by atoms with Crippen LogP contribution in [0.1, 0.15) is 5.56 Å². The van der Waals surface area contributed by atoms with E-state index in [-0.39, 0.29) is 0 Å². The molecule has 1 aromatic rings. The summed E-state index contributed by atoms with van der Waals surface area (Å²) in [6.07, 6.45) is 7.28. The van der Waals surface area contributed by atoms with Crippen molar-refractivity contribution in [3.05, 3.63) is 30.6 Å². The molecule has 1 N–H and O–H groups in total. The lowest BCUT2D eigenvalue weighted by Gasteiger charge is -1.83. The summed E-state index contributed by atoms with van der Waals surface area (Å²) in [5.41, 5.74) is 0.734. The molecule has 1 heterocycles. The zero-order valence-corrected chi connectivity index (χ0v) is 6.34. The molecule has 62 valence electrons. The molecule has 1 aromatic heterocycles. The van der Waals surface area contributed by atoms with Crippen LogP contribution in [0.25, 0.3) is 12.3 Å². The average molecular weight is 164 g/mol. The molecule has 0 saturated carbocycles. The van der Waals surface area contributed by atoms with Gasteiger partial charge >= 0.3 is 5.97 Å². The van der Waals surface area contributed by atoms with Crippen molar-refractivity contribution in [1.29, 1.82) is 0 Å². The van der Waals surface area contributed by atoms with Crippen LogP contribution in [0.5, 0.6) is 0 Å². The van der Waals surface area contributed by atoms with Crippen molar-refractivity contribution in [2.45, 2.75) is 0 Å². The van der Waals surface area contributed by atoms with Gasteiger partial charge in [0.15, 0.2) is 0 Å². The molecule has 0 amide bonds. The van der Waals surface area contributed by atoms with Crippen LogP contribution in [0, 0.1) is 0 Å². The van der Waals surface area contributed by atoms with Crippen LogP contribution in [0.3, 0.4) is 0 Å². The Balaban J connectivity index is 2.76. The highest BCUT2D eigenvalue weighted by Crippen LogP contribution is 1.99. The number of carbonyl (C=O) groups is 1. The van der Waals surface area contributed by atoms with Crippen LogP contribution in [0.15, 0.2) is 25.0 Å². The number of rotatable bonds is 3. The normalized spacial score (nSPS) is 10.3. The lowest BCUT2D eigenvalue weighted by molar-refractivity contribution is -0.131. The number of aliphatic carboxylic acids is 1. The summed E-state index contributed by atoms with van der Waals surface area (Å²) in [4.78, 5) is 10.1. The first kappa shape index (κ1) is 8.26. The lowest BCUT2D eigenvalue weighted by atomic mass is 10.3. The van der Waals surface area contributed by atoms with Gasteiger partial charge in [0.05, 0.1) is 6.20 Å². The fourth-order valence-corrected chi connectivity index (χ4v) is 0.706. The largest absolute Gasteiger partial charge is 0.478 e. The first-order valence-corrected chi connectivity index (χ1v) is 3.30. The maximum Gasteiger partial charge on any atom is 0.328 e. The van der Waals surface area contributed by atoms with E-state index in [0.717, 1.165) is 11.6 Å². The minimum absolute atomic E-state index is 0.734. The number of nitrogens with zero attached hydrogens (tertiary/aromatic N) is 2. The van der Waals surface area contributed by atoms with E-state index < -0.39 is 5.97 Å². The Hall–Kier alpha value is -1.84. The van der Waals surface area contributed by atoms with Crippen molar-refractivity contribution in [1.82, 2.24) is 9.78 Å². The third-order valence-electron chi connectivity index (χ3n) is 1.23. The Labute approximate surface area is 69.4 Å². The average Bonchev–Trinajstić information content (AvgIpc) is 2.48. The zero-order chi connectivity index (χ0) is 8.97. The fourth-order valence-electron chi connectivity index (χ4n) is 0.706. The molecular formula is C8H8N2O2. The molecule has 0 saturated heterocycles. The second-order valence-electron chi connectivity index (χ2n) is 2.11. The summed E-state index contributed by atoms with van der Waals surface area (Å²) in [5.74, 6) is -0.971. The standard InChI is InChI=1S/C8H8N2O2/c1-2-10-6-7(5-9-10)3-4-8(11)12/h2-6H,1H2,(H,11,12)/b4-3+. The van der Waals surface area contributed by atoms with Crippen LogP contribution >= 0.6 is 0 Å². The number of hydrogen-bond acceptors (Lipinski definition) is 2. The van der Waals surface area contributed by atoms with Gasteiger partial charge in [-0.3, -0.25) is 0 Å². The van der Waals surface area contributed by atoms with Crippen LogP contribution in [0.4, 0.5) is 0 Å². The monoisotopic (exact) mass is 164 g/mol. The van der Waals surface area contributed by atoms with E-state index in [1.54, 1.807) is 12.4 Å². The van der Waals surface area contributed by atoms with E-state index >= 15 is 0 Å². The fraction of sp³-hybridized carbons (Fsp3) is 0. The van der Waals surface area contributed by atoms with Gasteiger partial charge in [-0.15, -0.1) is 0 Å². The number of carboxylic acids is 1. The summed E-state index contributed by atoms with van der Waals surface area (Å²) in [6.45, 7) is 3.50. The first-order chi connectivity index (χ1) is 5.72. The van der Waals surface area contributed by atoms with E-state index in [2.05, 4.69) is 11.7 Å². The topological polar surface area (TPSA) is 55.1 Å². The minimum Gasteiger partial charge on any atom is -0.478 e. The Morgan fingerprint density at radius 2 is 2.50 bits per heavy atom. The van der Waals surface area contributed by atoms with Gasteiger partial charge in [-0.1, -0.05) is 6.58 Å². The van der Waals surface area contributed by atoms with Crippen LogP contribution in [-0.4, -0.2) is 20.9 Å². The Morgan fingerprint density at radius 3 is 3.00 bits per heavy atom. The van der Waals surface area contributed by atoms with Crippen molar-refractivity contribution < 1.29 is 9.90 Å². The smallest absolute Gasteiger partial charge is 0.328 e. The summed E-state index contributed by atoms with van der Waals surface area (Å²) < 4.78 is 1.50. The summed E-state index contributed by atoms with van der Waals surface area (Å²) in [7, 11) is 0. The lowest BCUT2D eigenvalue weighted by Crippen LogP contribution is -1.85. The van der Waals surface area contributed by atoms with Crippen LogP contribution in [-0.2, 0) is 4.79 Å². The molecule has 0 atom stereocenters. The van der Waals surface area contributed by atoms with Crippen LogP contribution < -0.4 is 0 Å². The molecule has 4 heteroatoms. The minimum atomic E-state index is -0.971.